The lowest BCUT2D eigenvalue weighted by molar-refractivity contribution is 0.219. The van der Waals surface area contributed by atoms with Crippen LogP contribution in [0.1, 0.15) is 0 Å². The Morgan fingerprint density at radius 1 is 1.42 bits per heavy atom. The lowest BCUT2D eigenvalue weighted by Gasteiger charge is -2.14. The maximum absolute atomic E-state index is 14.3. The van der Waals surface area contributed by atoms with E-state index in [1.807, 2.05) is 24.3 Å². The normalized spacial score (nSPS) is 14.1. The fourth-order valence-corrected chi connectivity index (χ4v) is 4.48. The van der Waals surface area contributed by atoms with Gasteiger partial charge in [-0.05, 0) is 33.4 Å². The van der Waals surface area contributed by atoms with Gasteiger partial charge in [-0.25, -0.2) is 19.2 Å². The van der Waals surface area contributed by atoms with Crippen molar-refractivity contribution < 1.29 is 9.18 Å². The minimum atomic E-state index is -0.461. The molecular formula is C17H15BrFN5OS. The first-order valence-corrected chi connectivity index (χ1v) is 9.70. The van der Waals surface area contributed by atoms with Gasteiger partial charge in [-0.15, -0.1) is 11.3 Å². The van der Waals surface area contributed by atoms with Crippen LogP contribution in [0.2, 0.25) is 0 Å². The molecule has 1 aliphatic heterocycles. The van der Waals surface area contributed by atoms with Crippen molar-refractivity contribution in [2.24, 2.45) is 0 Å². The van der Waals surface area contributed by atoms with Gasteiger partial charge in [0.1, 0.15) is 5.69 Å². The molecule has 4 rings (SSSR count). The quantitative estimate of drug-likeness (QED) is 0.640. The van der Waals surface area contributed by atoms with E-state index in [9.17, 15) is 9.18 Å². The second-order valence-electron chi connectivity index (χ2n) is 5.80. The van der Waals surface area contributed by atoms with E-state index in [0.717, 1.165) is 19.4 Å². The number of nitrogens with one attached hydrogen (secondary N) is 2. The molecule has 0 unspecified atom stereocenters. The van der Waals surface area contributed by atoms with Crippen molar-refractivity contribution in [1.82, 2.24) is 20.2 Å². The maximum Gasteiger partial charge on any atom is 0.317 e. The first-order chi connectivity index (χ1) is 12.6. The number of aromatic nitrogens is 2. The van der Waals surface area contributed by atoms with Gasteiger partial charge in [0.05, 0.1) is 11.1 Å². The maximum atomic E-state index is 14.3. The summed E-state index contributed by atoms with van der Waals surface area (Å²) in [5.74, 6) is -0.116. The monoisotopic (exact) mass is 435 g/mol. The highest BCUT2D eigenvalue weighted by Gasteiger charge is 2.19. The van der Waals surface area contributed by atoms with E-state index in [-0.39, 0.29) is 11.7 Å². The van der Waals surface area contributed by atoms with Crippen LogP contribution in [0, 0.1) is 5.82 Å². The average molecular weight is 436 g/mol. The van der Waals surface area contributed by atoms with Crippen LogP contribution in [0.15, 0.2) is 34.9 Å². The van der Waals surface area contributed by atoms with Gasteiger partial charge in [-0.2, -0.15) is 0 Å². The van der Waals surface area contributed by atoms with Crippen molar-refractivity contribution in [2.75, 3.05) is 31.5 Å². The molecule has 2 aromatic heterocycles. The molecule has 134 valence electrons. The van der Waals surface area contributed by atoms with Gasteiger partial charge >= 0.3 is 6.03 Å². The molecule has 1 fully saturated rings. The summed E-state index contributed by atoms with van der Waals surface area (Å²) < 4.78 is 16.3. The van der Waals surface area contributed by atoms with Crippen LogP contribution in [0.25, 0.3) is 20.7 Å². The van der Waals surface area contributed by atoms with Crippen LogP contribution in [-0.2, 0) is 0 Å². The highest BCUT2D eigenvalue weighted by atomic mass is 79.9. The Labute approximate surface area is 161 Å². The SMILES string of the molecule is O=C1NCCN1CCNc1ncc(F)c(-c2cc3cccc(Br)c3s2)n1. The number of carbonyl (C=O) groups is 1. The number of nitrogens with zero attached hydrogens (tertiary/aromatic N) is 3. The molecule has 0 atom stereocenters. The summed E-state index contributed by atoms with van der Waals surface area (Å²) in [5, 5.41) is 6.84. The molecule has 9 heteroatoms. The van der Waals surface area contributed by atoms with Crippen LogP contribution >= 0.6 is 27.3 Å². The van der Waals surface area contributed by atoms with E-state index in [1.165, 1.54) is 17.5 Å². The molecular weight excluding hydrogens is 421 g/mol. The van der Waals surface area contributed by atoms with Gasteiger partial charge < -0.3 is 15.5 Å². The molecule has 0 bridgehead atoms. The third kappa shape index (κ3) is 3.36. The fourth-order valence-electron chi connectivity index (χ4n) is 2.80. The lowest BCUT2D eigenvalue weighted by atomic mass is 10.2. The van der Waals surface area contributed by atoms with Crippen molar-refractivity contribution in [1.29, 1.82) is 0 Å². The number of thiophene rings is 1. The van der Waals surface area contributed by atoms with Crippen molar-refractivity contribution >= 4 is 49.3 Å². The number of anilines is 1. The predicted molar refractivity (Wildman–Crippen MR) is 104 cm³/mol. The van der Waals surface area contributed by atoms with Gasteiger partial charge in [0, 0.05) is 35.4 Å². The number of benzene rings is 1. The third-order valence-electron chi connectivity index (χ3n) is 4.08. The smallest absolute Gasteiger partial charge is 0.317 e. The zero-order valence-electron chi connectivity index (χ0n) is 13.6. The molecule has 1 aromatic carbocycles. The standard InChI is InChI=1S/C17H15BrFN5OS/c18-11-3-1-2-10-8-13(26-15(10)11)14-12(19)9-22-16(23-14)20-4-6-24-7-5-21-17(24)25/h1-3,8-9H,4-7H2,(H,21,25)(H,20,22,23). The van der Waals surface area contributed by atoms with Crippen LogP contribution in [0.3, 0.4) is 0 Å². The largest absolute Gasteiger partial charge is 0.352 e. The molecule has 2 amide bonds. The average Bonchev–Trinajstić information content (AvgIpc) is 3.24. The van der Waals surface area contributed by atoms with Crippen molar-refractivity contribution in [3.63, 3.8) is 0 Å². The van der Waals surface area contributed by atoms with E-state index in [4.69, 9.17) is 0 Å². The molecule has 3 heterocycles. The molecule has 26 heavy (non-hydrogen) atoms. The Balaban J connectivity index is 1.53. The number of rotatable bonds is 5. The van der Waals surface area contributed by atoms with Crippen molar-refractivity contribution in [3.05, 3.63) is 40.8 Å². The number of urea groups is 1. The minimum Gasteiger partial charge on any atom is -0.352 e. The first-order valence-electron chi connectivity index (χ1n) is 8.09. The van der Waals surface area contributed by atoms with Crippen LogP contribution in [-0.4, -0.2) is 47.1 Å². The Morgan fingerprint density at radius 2 is 2.31 bits per heavy atom. The molecule has 0 aliphatic carbocycles. The number of halogens is 2. The number of hydrogen-bond acceptors (Lipinski definition) is 5. The summed E-state index contributed by atoms with van der Waals surface area (Å²) in [6, 6.07) is 7.75. The summed E-state index contributed by atoms with van der Waals surface area (Å²) in [5.41, 5.74) is 0.273. The second kappa shape index (κ2) is 7.16. The molecule has 2 N–H and O–H groups in total. The van der Waals surface area contributed by atoms with E-state index in [0.29, 0.717) is 32.1 Å². The van der Waals surface area contributed by atoms with E-state index < -0.39 is 5.82 Å². The van der Waals surface area contributed by atoms with Gasteiger partial charge in [-0.3, -0.25) is 0 Å². The lowest BCUT2D eigenvalue weighted by Crippen LogP contribution is -2.32. The first kappa shape index (κ1) is 17.2. The van der Waals surface area contributed by atoms with Gasteiger partial charge in [0.25, 0.3) is 0 Å². The zero-order chi connectivity index (χ0) is 18.1. The van der Waals surface area contributed by atoms with Crippen LogP contribution < -0.4 is 10.6 Å². The highest BCUT2D eigenvalue weighted by molar-refractivity contribution is 9.10. The number of fused-ring (bicyclic) bond motifs is 1. The summed E-state index contributed by atoms with van der Waals surface area (Å²) in [7, 11) is 0. The summed E-state index contributed by atoms with van der Waals surface area (Å²) in [6.45, 7) is 2.39. The highest BCUT2D eigenvalue weighted by Crippen LogP contribution is 2.37. The Bertz CT molecular complexity index is 979. The number of amides is 2. The van der Waals surface area contributed by atoms with E-state index >= 15 is 0 Å². The van der Waals surface area contributed by atoms with E-state index in [1.54, 1.807) is 4.90 Å². The fraction of sp³-hybridized carbons (Fsp3) is 0.235. The minimum absolute atomic E-state index is 0.0663. The Morgan fingerprint density at radius 3 is 3.08 bits per heavy atom. The van der Waals surface area contributed by atoms with Gasteiger partial charge in [0.15, 0.2) is 5.82 Å². The number of hydrogen-bond donors (Lipinski definition) is 2. The molecule has 1 aliphatic rings. The second-order valence-corrected chi connectivity index (χ2v) is 7.71. The Hall–Kier alpha value is -2.26. The molecule has 0 spiro atoms. The third-order valence-corrected chi connectivity index (χ3v) is 6.20. The molecule has 3 aromatic rings. The Kier molecular flexibility index (Phi) is 4.73. The molecule has 1 saturated heterocycles. The van der Waals surface area contributed by atoms with Crippen LogP contribution in [0.5, 0.6) is 0 Å². The zero-order valence-corrected chi connectivity index (χ0v) is 16.0. The number of carbonyl (C=O) groups excluding carboxylic acids is 1. The molecule has 0 saturated carbocycles. The van der Waals surface area contributed by atoms with E-state index in [2.05, 4.69) is 36.5 Å². The summed E-state index contributed by atoms with van der Waals surface area (Å²) >= 11 is 5.00. The van der Waals surface area contributed by atoms with Crippen molar-refractivity contribution in [2.45, 2.75) is 0 Å². The molecule has 6 nitrogen and oxygen atoms in total. The molecule has 0 radical (unpaired) electrons. The predicted octanol–water partition coefficient (Wildman–Crippen LogP) is 3.70. The van der Waals surface area contributed by atoms with Crippen molar-refractivity contribution in [3.8, 4) is 10.6 Å². The summed E-state index contributed by atoms with van der Waals surface area (Å²) in [6.07, 6.45) is 1.17. The van der Waals surface area contributed by atoms with Crippen LogP contribution in [0.4, 0.5) is 15.1 Å². The van der Waals surface area contributed by atoms with Gasteiger partial charge in [-0.1, -0.05) is 12.1 Å². The van der Waals surface area contributed by atoms with Gasteiger partial charge in [0.2, 0.25) is 5.95 Å². The topological polar surface area (TPSA) is 70.2 Å². The summed E-state index contributed by atoms with van der Waals surface area (Å²) in [4.78, 5) is 22.3.